The Balaban J connectivity index is 2.65. The largest absolute Gasteiger partial charge is 0.281 e. The molecular weight excluding hydrogens is 208 g/mol. The van der Waals surface area contributed by atoms with Gasteiger partial charge in [-0.25, -0.2) is 0 Å². The molecule has 2 heteroatoms. The Kier molecular flexibility index (Phi) is 2.74. The maximum Gasteiger partial charge on any atom is 0.228 e. The van der Waals surface area contributed by atoms with E-state index < -0.39 is 0 Å². The molecule has 15 heavy (non-hydrogen) atoms. The quantitative estimate of drug-likeness (QED) is 0.703. The van der Waals surface area contributed by atoms with Crippen LogP contribution in [0.5, 0.6) is 0 Å². The summed E-state index contributed by atoms with van der Waals surface area (Å²) in [6.07, 6.45) is 0. The highest BCUT2D eigenvalue weighted by Gasteiger charge is 2.14. The van der Waals surface area contributed by atoms with Crippen molar-refractivity contribution < 1.29 is 4.79 Å². The third-order valence-electron chi connectivity index (χ3n) is 2.63. The SMILES string of the molecule is C[C@@H](C(=O)Cl)c1cccc2ccccc12. The fraction of sp³-hybridized carbons (Fsp3) is 0.154. The van der Waals surface area contributed by atoms with E-state index in [4.69, 9.17) is 11.6 Å². The first-order valence-corrected chi connectivity index (χ1v) is 5.25. The van der Waals surface area contributed by atoms with Gasteiger partial charge >= 0.3 is 0 Å². The lowest BCUT2D eigenvalue weighted by Crippen LogP contribution is -2.02. The fourth-order valence-corrected chi connectivity index (χ4v) is 1.87. The second-order valence-electron chi connectivity index (χ2n) is 3.59. The summed E-state index contributed by atoms with van der Waals surface area (Å²) in [4.78, 5) is 11.2. The molecule has 0 amide bonds. The molecule has 0 saturated carbocycles. The average molecular weight is 219 g/mol. The van der Waals surface area contributed by atoms with Gasteiger partial charge in [-0.05, 0) is 27.9 Å². The Morgan fingerprint density at radius 3 is 2.53 bits per heavy atom. The predicted molar refractivity (Wildman–Crippen MR) is 63.2 cm³/mol. The molecule has 0 aromatic heterocycles. The van der Waals surface area contributed by atoms with Crippen molar-refractivity contribution in [2.75, 3.05) is 0 Å². The first-order valence-electron chi connectivity index (χ1n) is 4.87. The molecule has 1 nitrogen and oxygen atoms in total. The van der Waals surface area contributed by atoms with Crippen LogP contribution in [0.2, 0.25) is 0 Å². The predicted octanol–water partition coefficient (Wildman–Crippen LogP) is 3.71. The highest BCUT2D eigenvalue weighted by atomic mass is 35.5. The molecule has 0 aliphatic rings. The van der Waals surface area contributed by atoms with E-state index in [-0.39, 0.29) is 11.2 Å². The average Bonchev–Trinajstić information content (AvgIpc) is 2.27. The summed E-state index contributed by atoms with van der Waals surface area (Å²) in [5, 5.41) is 1.92. The molecule has 1 atom stereocenters. The minimum atomic E-state index is -0.314. The van der Waals surface area contributed by atoms with Crippen molar-refractivity contribution in [1.82, 2.24) is 0 Å². The zero-order valence-electron chi connectivity index (χ0n) is 8.41. The van der Waals surface area contributed by atoms with Crippen LogP contribution in [0.1, 0.15) is 18.4 Å². The van der Waals surface area contributed by atoms with Gasteiger partial charge in [0.15, 0.2) is 0 Å². The Morgan fingerprint density at radius 2 is 1.80 bits per heavy atom. The normalized spacial score (nSPS) is 12.7. The van der Waals surface area contributed by atoms with Gasteiger partial charge in [-0.1, -0.05) is 49.4 Å². The van der Waals surface area contributed by atoms with Crippen LogP contribution in [0, 0.1) is 0 Å². The van der Waals surface area contributed by atoms with Crippen LogP contribution in [0.25, 0.3) is 10.8 Å². The number of hydrogen-bond donors (Lipinski definition) is 0. The highest BCUT2D eigenvalue weighted by molar-refractivity contribution is 6.64. The van der Waals surface area contributed by atoms with Gasteiger partial charge in [0, 0.05) is 0 Å². The third kappa shape index (κ3) is 1.88. The maximum atomic E-state index is 11.2. The fourth-order valence-electron chi connectivity index (χ4n) is 1.75. The molecule has 0 saturated heterocycles. The number of benzene rings is 2. The first kappa shape index (κ1) is 10.2. The zero-order chi connectivity index (χ0) is 10.8. The Morgan fingerprint density at radius 1 is 1.13 bits per heavy atom. The number of carbonyl (C=O) groups is 1. The number of hydrogen-bond acceptors (Lipinski definition) is 1. The van der Waals surface area contributed by atoms with Crippen LogP contribution < -0.4 is 0 Å². The molecule has 0 N–H and O–H groups in total. The number of halogens is 1. The minimum absolute atomic E-state index is 0.252. The van der Waals surface area contributed by atoms with Gasteiger partial charge in [0.05, 0.1) is 5.92 Å². The molecular formula is C13H11ClO. The third-order valence-corrected chi connectivity index (χ3v) is 2.96. The van der Waals surface area contributed by atoms with Gasteiger partial charge in [0.25, 0.3) is 0 Å². The van der Waals surface area contributed by atoms with Crippen LogP contribution in [-0.4, -0.2) is 5.24 Å². The van der Waals surface area contributed by atoms with E-state index in [9.17, 15) is 4.79 Å². The van der Waals surface area contributed by atoms with Crippen LogP contribution in [-0.2, 0) is 4.79 Å². The van der Waals surface area contributed by atoms with E-state index in [1.54, 1.807) is 0 Å². The molecule has 0 fully saturated rings. The van der Waals surface area contributed by atoms with Crippen molar-refractivity contribution in [3.8, 4) is 0 Å². The molecule has 2 aromatic carbocycles. The van der Waals surface area contributed by atoms with E-state index in [0.29, 0.717) is 0 Å². The van der Waals surface area contributed by atoms with Crippen LogP contribution in [0.3, 0.4) is 0 Å². The molecule has 76 valence electrons. The van der Waals surface area contributed by atoms with Gasteiger partial charge in [-0.15, -0.1) is 0 Å². The smallest absolute Gasteiger partial charge is 0.228 e. The zero-order valence-corrected chi connectivity index (χ0v) is 9.16. The maximum absolute atomic E-state index is 11.2. The second-order valence-corrected chi connectivity index (χ2v) is 3.97. The van der Waals surface area contributed by atoms with Crippen molar-refractivity contribution in [3.05, 3.63) is 48.0 Å². The van der Waals surface area contributed by atoms with Crippen molar-refractivity contribution in [2.45, 2.75) is 12.8 Å². The molecule has 0 bridgehead atoms. The summed E-state index contributed by atoms with van der Waals surface area (Å²) in [5.74, 6) is -0.252. The van der Waals surface area contributed by atoms with Gasteiger partial charge in [0.1, 0.15) is 0 Å². The van der Waals surface area contributed by atoms with Crippen LogP contribution >= 0.6 is 11.6 Å². The van der Waals surface area contributed by atoms with Crippen molar-refractivity contribution in [1.29, 1.82) is 0 Å². The van der Waals surface area contributed by atoms with E-state index in [1.165, 1.54) is 0 Å². The van der Waals surface area contributed by atoms with E-state index in [1.807, 2.05) is 49.4 Å². The van der Waals surface area contributed by atoms with Gasteiger partial charge in [0.2, 0.25) is 5.24 Å². The monoisotopic (exact) mass is 218 g/mol. The number of fused-ring (bicyclic) bond motifs is 1. The first-order chi connectivity index (χ1) is 7.20. The van der Waals surface area contributed by atoms with E-state index in [2.05, 4.69) is 0 Å². The lowest BCUT2D eigenvalue weighted by Gasteiger charge is -2.10. The van der Waals surface area contributed by atoms with Gasteiger partial charge in [-0.3, -0.25) is 4.79 Å². The van der Waals surface area contributed by atoms with Crippen LogP contribution in [0.4, 0.5) is 0 Å². The molecule has 0 heterocycles. The van der Waals surface area contributed by atoms with Crippen molar-refractivity contribution >= 4 is 27.6 Å². The second kappa shape index (κ2) is 4.03. The molecule has 0 unspecified atom stereocenters. The Hall–Kier alpha value is -1.34. The van der Waals surface area contributed by atoms with Crippen molar-refractivity contribution in [2.24, 2.45) is 0 Å². The summed E-state index contributed by atoms with van der Waals surface area (Å²) in [7, 11) is 0. The highest BCUT2D eigenvalue weighted by Crippen LogP contribution is 2.26. The van der Waals surface area contributed by atoms with E-state index >= 15 is 0 Å². The lowest BCUT2D eigenvalue weighted by molar-refractivity contribution is -0.112. The standard InChI is InChI=1S/C13H11ClO/c1-9(13(14)15)11-8-4-6-10-5-2-3-7-12(10)11/h2-9H,1H3/t9-/m1/s1. The molecule has 0 aliphatic carbocycles. The summed E-state index contributed by atoms with van der Waals surface area (Å²) in [6, 6.07) is 13.9. The topological polar surface area (TPSA) is 17.1 Å². The number of carbonyl (C=O) groups excluding carboxylic acids is 1. The van der Waals surface area contributed by atoms with Gasteiger partial charge in [-0.2, -0.15) is 0 Å². The molecule has 0 radical (unpaired) electrons. The number of rotatable bonds is 2. The van der Waals surface area contributed by atoms with Gasteiger partial charge < -0.3 is 0 Å². The summed E-state index contributed by atoms with van der Waals surface area (Å²) in [5.41, 5.74) is 0.994. The Labute approximate surface area is 93.7 Å². The summed E-state index contributed by atoms with van der Waals surface area (Å²) >= 11 is 5.52. The molecule has 2 rings (SSSR count). The summed E-state index contributed by atoms with van der Waals surface area (Å²) in [6.45, 7) is 1.83. The molecule has 2 aromatic rings. The Bertz CT molecular complexity index is 499. The van der Waals surface area contributed by atoms with E-state index in [0.717, 1.165) is 16.3 Å². The summed E-state index contributed by atoms with van der Waals surface area (Å²) < 4.78 is 0. The molecule has 0 spiro atoms. The molecule has 0 aliphatic heterocycles. The minimum Gasteiger partial charge on any atom is -0.281 e. The lowest BCUT2D eigenvalue weighted by atomic mass is 9.96. The van der Waals surface area contributed by atoms with Crippen LogP contribution in [0.15, 0.2) is 42.5 Å². The van der Waals surface area contributed by atoms with Crippen molar-refractivity contribution in [3.63, 3.8) is 0 Å².